The lowest BCUT2D eigenvalue weighted by Crippen LogP contribution is -2.05. The molecule has 0 spiro atoms. The van der Waals surface area contributed by atoms with Crippen LogP contribution in [-0.4, -0.2) is 16.2 Å². The summed E-state index contributed by atoms with van der Waals surface area (Å²) in [5.74, 6) is 0. The molecule has 1 heterocycles. The van der Waals surface area contributed by atoms with Crippen LogP contribution in [0.15, 0.2) is 22.8 Å². The summed E-state index contributed by atoms with van der Waals surface area (Å²) in [5.41, 5.74) is 0.911. The first-order chi connectivity index (χ1) is 5.18. The zero-order valence-electron chi connectivity index (χ0n) is 6.29. The minimum absolute atomic E-state index is 0.322. The fraction of sp³-hybridized carbons (Fsp3) is 0.375. The predicted molar refractivity (Wildman–Crippen MR) is 47.3 cm³/mol. The van der Waals surface area contributed by atoms with Crippen LogP contribution >= 0.6 is 15.9 Å². The summed E-state index contributed by atoms with van der Waals surface area (Å²) in [5, 5.41) is 9.04. The third-order valence-corrected chi connectivity index (χ3v) is 1.72. The number of nitrogens with zero attached hydrogens (tertiary/aromatic N) is 1. The number of aliphatic hydroxyl groups excluding tert-OH is 1. The van der Waals surface area contributed by atoms with Gasteiger partial charge in [-0.3, -0.25) is 0 Å². The van der Waals surface area contributed by atoms with Gasteiger partial charge in [-0.15, -0.1) is 0 Å². The lowest BCUT2D eigenvalue weighted by molar-refractivity contribution is 0.194. The molecule has 0 aliphatic heterocycles. The van der Waals surface area contributed by atoms with Gasteiger partial charge in [0.2, 0.25) is 0 Å². The van der Waals surface area contributed by atoms with E-state index in [4.69, 9.17) is 5.11 Å². The normalized spacial score (nSPS) is 13.0. The van der Waals surface area contributed by atoms with Crippen LogP contribution in [0.1, 0.15) is 12.6 Å². The van der Waals surface area contributed by atoms with E-state index in [1.807, 2.05) is 18.2 Å². The molecule has 1 N–H and O–H groups in total. The van der Waals surface area contributed by atoms with Crippen LogP contribution in [0.4, 0.5) is 0 Å². The van der Waals surface area contributed by atoms with Gasteiger partial charge in [-0.05, 0) is 35.0 Å². The van der Waals surface area contributed by atoms with Crippen molar-refractivity contribution in [2.24, 2.45) is 0 Å². The van der Waals surface area contributed by atoms with Gasteiger partial charge in [-0.25, -0.2) is 4.98 Å². The minimum atomic E-state index is -0.322. The monoisotopic (exact) mass is 215 g/mol. The van der Waals surface area contributed by atoms with E-state index in [1.54, 1.807) is 6.92 Å². The third kappa shape index (κ3) is 2.99. The second-order valence-corrected chi connectivity index (χ2v) is 3.32. The Morgan fingerprint density at radius 3 is 2.91 bits per heavy atom. The molecule has 0 amide bonds. The number of rotatable bonds is 2. The van der Waals surface area contributed by atoms with Crippen LogP contribution in [0.3, 0.4) is 0 Å². The molecule has 0 saturated heterocycles. The van der Waals surface area contributed by atoms with Crippen LogP contribution in [0, 0.1) is 0 Å². The quantitative estimate of drug-likeness (QED) is 0.764. The number of aromatic nitrogens is 1. The highest BCUT2D eigenvalue weighted by Crippen LogP contribution is 2.07. The smallest absolute Gasteiger partial charge is 0.106 e. The molecular formula is C8H10BrNO. The van der Waals surface area contributed by atoms with Gasteiger partial charge in [0.25, 0.3) is 0 Å². The van der Waals surface area contributed by atoms with Crippen molar-refractivity contribution in [2.75, 3.05) is 0 Å². The molecule has 1 rings (SSSR count). The lowest BCUT2D eigenvalue weighted by Gasteiger charge is -2.02. The summed E-state index contributed by atoms with van der Waals surface area (Å²) in [7, 11) is 0. The molecule has 0 aliphatic carbocycles. The molecule has 1 atom stereocenters. The van der Waals surface area contributed by atoms with Gasteiger partial charge in [0, 0.05) is 12.1 Å². The summed E-state index contributed by atoms with van der Waals surface area (Å²) >= 11 is 3.26. The first kappa shape index (κ1) is 8.68. The van der Waals surface area contributed by atoms with E-state index in [9.17, 15) is 0 Å². The Morgan fingerprint density at radius 2 is 2.36 bits per heavy atom. The summed E-state index contributed by atoms with van der Waals surface area (Å²) in [4.78, 5) is 4.17. The molecule has 11 heavy (non-hydrogen) atoms. The van der Waals surface area contributed by atoms with Crippen molar-refractivity contribution in [1.82, 2.24) is 4.98 Å². The van der Waals surface area contributed by atoms with Crippen LogP contribution < -0.4 is 0 Å². The molecule has 0 saturated carbocycles. The van der Waals surface area contributed by atoms with Gasteiger partial charge in [-0.2, -0.15) is 0 Å². The van der Waals surface area contributed by atoms with Gasteiger partial charge < -0.3 is 5.11 Å². The summed E-state index contributed by atoms with van der Waals surface area (Å²) in [6.45, 7) is 1.75. The predicted octanol–water partition coefficient (Wildman–Crippen LogP) is 1.77. The highest BCUT2D eigenvalue weighted by molar-refractivity contribution is 9.10. The van der Waals surface area contributed by atoms with Crippen LogP contribution in [0.5, 0.6) is 0 Å². The first-order valence-corrected chi connectivity index (χ1v) is 4.27. The Balaban J connectivity index is 2.71. The number of aliphatic hydroxyl groups is 1. The average Bonchev–Trinajstić information content (AvgIpc) is 1.85. The Labute approximate surface area is 74.4 Å². The van der Waals surface area contributed by atoms with Gasteiger partial charge in [0.05, 0.1) is 6.10 Å². The van der Waals surface area contributed by atoms with Crippen molar-refractivity contribution >= 4 is 15.9 Å². The highest BCUT2D eigenvalue weighted by atomic mass is 79.9. The van der Waals surface area contributed by atoms with Crippen molar-refractivity contribution < 1.29 is 5.11 Å². The topological polar surface area (TPSA) is 33.1 Å². The largest absolute Gasteiger partial charge is 0.393 e. The second kappa shape index (κ2) is 3.83. The van der Waals surface area contributed by atoms with Gasteiger partial charge in [-0.1, -0.05) is 6.07 Å². The maximum absolute atomic E-state index is 9.04. The minimum Gasteiger partial charge on any atom is -0.393 e. The number of pyridine rings is 1. The van der Waals surface area contributed by atoms with Crippen molar-refractivity contribution in [3.8, 4) is 0 Å². The molecule has 1 aromatic rings. The number of hydrogen-bond acceptors (Lipinski definition) is 2. The fourth-order valence-corrected chi connectivity index (χ4v) is 1.25. The second-order valence-electron chi connectivity index (χ2n) is 2.50. The third-order valence-electron chi connectivity index (χ3n) is 1.28. The van der Waals surface area contributed by atoms with Crippen LogP contribution in [-0.2, 0) is 6.42 Å². The van der Waals surface area contributed by atoms with Crippen molar-refractivity contribution in [2.45, 2.75) is 19.4 Å². The maximum atomic E-state index is 9.04. The summed E-state index contributed by atoms with van der Waals surface area (Å²) < 4.78 is 0.815. The van der Waals surface area contributed by atoms with Gasteiger partial charge >= 0.3 is 0 Å². The molecule has 0 fully saturated rings. The van der Waals surface area contributed by atoms with Crippen molar-refractivity contribution in [3.63, 3.8) is 0 Å². The van der Waals surface area contributed by atoms with E-state index in [-0.39, 0.29) is 6.10 Å². The van der Waals surface area contributed by atoms with E-state index in [0.29, 0.717) is 6.42 Å². The summed E-state index contributed by atoms with van der Waals surface area (Å²) in [6, 6.07) is 5.68. The Hall–Kier alpha value is -0.410. The van der Waals surface area contributed by atoms with Crippen LogP contribution in [0.2, 0.25) is 0 Å². The maximum Gasteiger partial charge on any atom is 0.106 e. The van der Waals surface area contributed by atoms with Crippen LogP contribution in [0.25, 0.3) is 0 Å². The first-order valence-electron chi connectivity index (χ1n) is 3.48. The van der Waals surface area contributed by atoms with E-state index >= 15 is 0 Å². The lowest BCUT2D eigenvalue weighted by atomic mass is 10.2. The molecule has 3 heteroatoms. The Kier molecular flexibility index (Phi) is 3.02. The molecule has 0 radical (unpaired) electrons. The molecule has 60 valence electrons. The number of hydrogen-bond donors (Lipinski definition) is 1. The molecule has 2 nitrogen and oxygen atoms in total. The molecule has 0 aliphatic rings. The van der Waals surface area contributed by atoms with E-state index in [2.05, 4.69) is 20.9 Å². The molecule has 0 unspecified atom stereocenters. The van der Waals surface area contributed by atoms with E-state index in [0.717, 1.165) is 10.3 Å². The van der Waals surface area contributed by atoms with Gasteiger partial charge in [0.15, 0.2) is 0 Å². The summed E-state index contributed by atoms with van der Waals surface area (Å²) in [6.07, 6.45) is 0.288. The molecule has 1 aromatic heterocycles. The Morgan fingerprint density at radius 1 is 1.64 bits per heavy atom. The standard InChI is InChI=1S/C8H10BrNO/c1-6(11)5-7-3-2-4-8(9)10-7/h2-4,6,11H,5H2,1H3/t6-/m0/s1. The zero-order valence-corrected chi connectivity index (χ0v) is 7.87. The average molecular weight is 216 g/mol. The molecule has 0 aromatic carbocycles. The SMILES string of the molecule is C[C@H](O)Cc1cccc(Br)n1. The van der Waals surface area contributed by atoms with E-state index < -0.39 is 0 Å². The van der Waals surface area contributed by atoms with E-state index in [1.165, 1.54) is 0 Å². The highest BCUT2D eigenvalue weighted by Gasteiger charge is 1.99. The van der Waals surface area contributed by atoms with Gasteiger partial charge in [0.1, 0.15) is 4.60 Å². The molecular weight excluding hydrogens is 206 g/mol. The molecule has 0 bridgehead atoms. The van der Waals surface area contributed by atoms with Crippen molar-refractivity contribution in [3.05, 3.63) is 28.5 Å². The number of halogens is 1. The zero-order chi connectivity index (χ0) is 8.27. The fourth-order valence-electron chi connectivity index (χ4n) is 0.867. The Bertz CT molecular complexity index is 237. The van der Waals surface area contributed by atoms with Crippen molar-refractivity contribution in [1.29, 1.82) is 0 Å².